The van der Waals surface area contributed by atoms with E-state index in [9.17, 15) is 4.79 Å². The second-order valence-electron chi connectivity index (χ2n) is 4.74. The molecule has 2 aromatic carbocycles. The number of carbonyl (C=O) groups excluding carboxylic acids is 1. The van der Waals surface area contributed by atoms with Crippen LogP contribution in [0.3, 0.4) is 0 Å². The first-order valence-corrected chi connectivity index (χ1v) is 7.84. The Morgan fingerprint density at radius 3 is 2.41 bits per heavy atom. The lowest BCUT2D eigenvalue weighted by Crippen LogP contribution is -2.20. The summed E-state index contributed by atoms with van der Waals surface area (Å²) in [6.45, 7) is 6.03. The molecule has 2 rings (SSSR count). The van der Waals surface area contributed by atoms with Gasteiger partial charge in [-0.1, -0.05) is 52.8 Å². The van der Waals surface area contributed by atoms with Crippen molar-refractivity contribution < 1.29 is 9.53 Å². The van der Waals surface area contributed by atoms with Gasteiger partial charge in [-0.25, -0.2) is 4.79 Å². The summed E-state index contributed by atoms with van der Waals surface area (Å²) in [6.07, 6.45) is 0. The van der Waals surface area contributed by atoms with Crippen LogP contribution in [0.4, 0.5) is 5.69 Å². The van der Waals surface area contributed by atoms with Gasteiger partial charge in [-0.15, -0.1) is 0 Å². The summed E-state index contributed by atoms with van der Waals surface area (Å²) in [4.78, 5) is 12.0. The zero-order valence-electron chi connectivity index (χ0n) is 12.4. The van der Waals surface area contributed by atoms with E-state index in [2.05, 4.69) is 27.8 Å². The lowest BCUT2D eigenvalue weighted by atomic mass is 9.99. The van der Waals surface area contributed by atoms with E-state index >= 15 is 0 Å². The molecule has 0 aromatic heterocycles. The number of halogens is 1. The van der Waals surface area contributed by atoms with Gasteiger partial charge in [0.1, 0.15) is 0 Å². The van der Waals surface area contributed by atoms with Crippen molar-refractivity contribution in [1.82, 2.24) is 0 Å². The van der Waals surface area contributed by atoms with Crippen LogP contribution >= 0.6 is 15.9 Å². The Morgan fingerprint density at radius 2 is 1.82 bits per heavy atom. The molecule has 0 fully saturated rings. The van der Waals surface area contributed by atoms with Crippen molar-refractivity contribution in [1.29, 1.82) is 0 Å². The van der Waals surface area contributed by atoms with E-state index in [0.717, 1.165) is 15.7 Å². The van der Waals surface area contributed by atoms with E-state index in [1.54, 1.807) is 6.92 Å². The molecule has 1 atom stereocenters. The van der Waals surface area contributed by atoms with Crippen LogP contribution < -0.4 is 5.32 Å². The van der Waals surface area contributed by atoms with E-state index < -0.39 is 0 Å². The van der Waals surface area contributed by atoms with Gasteiger partial charge < -0.3 is 10.1 Å². The summed E-state index contributed by atoms with van der Waals surface area (Å²) < 4.78 is 6.08. The monoisotopic (exact) mass is 359 g/mol. The number of ether oxygens (including phenoxy) is 1. The first-order valence-electron chi connectivity index (χ1n) is 7.04. The molecule has 114 valence electrons. The first kappa shape index (κ1) is 16.3. The quantitative estimate of drug-likeness (QED) is 0.598. The SMILES string of the molecule is C=C(C(=O)OCC)C(Nc1ccc(Br)cc1)c1ccccc1. The second kappa shape index (κ2) is 7.80. The molecule has 0 saturated heterocycles. The Morgan fingerprint density at radius 1 is 1.18 bits per heavy atom. The predicted molar refractivity (Wildman–Crippen MR) is 92.7 cm³/mol. The van der Waals surface area contributed by atoms with Gasteiger partial charge in [0, 0.05) is 10.2 Å². The highest BCUT2D eigenvalue weighted by molar-refractivity contribution is 9.10. The highest BCUT2D eigenvalue weighted by Gasteiger charge is 2.21. The Labute approximate surface area is 139 Å². The highest BCUT2D eigenvalue weighted by atomic mass is 79.9. The number of nitrogens with one attached hydrogen (secondary N) is 1. The molecule has 3 nitrogen and oxygen atoms in total. The molecule has 0 radical (unpaired) electrons. The first-order chi connectivity index (χ1) is 10.6. The van der Waals surface area contributed by atoms with Crippen LogP contribution in [-0.2, 0) is 9.53 Å². The van der Waals surface area contributed by atoms with Crippen molar-refractivity contribution in [2.24, 2.45) is 0 Å². The van der Waals surface area contributed by atoms with Gasteiger partial charge in [-0.2, -0.15) is 0 Å². The predicted octanol–water partition coefficient (Wildman–Crippen LogP) is 4.72. The molecule has 0 aliphatic carbocycles. The van der Waals surface area contributed by atoms with Crippen molar-refractivity contribution in [3.63, 3.8) is 0 Å². The van der Waals surface area contributed by atoms with Gasteiger partial charge in [0.15, 0.2) is 0 Å². The number of benzene rings is 2. The molecule has 0 bridgehead atoms. The number of esters is 1. The molecular formula is C18H18BrNO2. The van der Waals surface area contributed by atoms with Crippen molar-refractivity contribution in [2.45, 2.75) is 13.0 Å². The van der Waals surface area contributed by atoms with Crippen molar-refractivity contribution >= 4 is 27.6 Å². The third-order valence-corrected chi connectivity index (χ3v) is 3.70. The lowest BCUT2D eigenvalue weighted by molar-refractivity contribution is -0.138. The summed E-state index contributed by atoms with van der Waals surface area (Å²) in [6, 6.07) is 17.2. The van der Waals surface area contributed by atoms with Gasteiger partial charge >= 0.3 is 5.97 Å². The Balaban J connectivity index is 2.27. The fourth-order valence-corrected chi connectivity index (χ4v) is 2.34. The summed E-state index contributed by atoms with van der Waals surface area (Å²) in [5, 5.41) is 3.34. The van der Waals surface area contributed by atoms with E-state index in [1.165, 1.54) is 0 Å². The Bertz CT molecular complexity index is 638. The van der Waals surface area contributed by atoms with E-state index in [1.807, 2.05) is 54.6 Å². The fourth-order valence-electron chi connectivity index (χ4n) is 2.07. The molecule has 0 amide bonds. The molecular weight excluding hydrogens is 342 g/mol. The van der Waals surface area contributed by atoms with Crippen LogP contribution in [0, 0.1) is 0 Å². The van der Waals surface area contributed by atoms with Crippen molar-refractivity contribution in [2.75, 3.05) is 11.9 Å². The molecule has 2 aromatic rings. The molecule has 22 heavy (non-hydrogen) atoms. The number of hydrogen-bond acceptors (Lipinski definition) is 3. The molecule has 0 spiro atoms. The van der Waals surface area contributed by atoms with Crippen molar-refractivity contribution in [3.05, 3.63) is 76.8 Å². The minimum atomic E-state index is -0.388. The maximum absolute atomic E-state index is 12.0. The van der Waals surface area contributed by atoms with E-state index in [4.69, 9.17) is 4.74 Å². The third kappa shape index (κ3) is 4.21. The van der Waals surface area contributed by atoms with Crippen LogP contribution in [0.2, 0.25) is 0 Å². The van der Waals surface area contributed by atoms with Crippen LogP contribution in [0.15, 0.2) is 71.2 Å². The number of hydrogen-bond donors (Lipinski definition) is 1. The van der Waals surface area contributed by atoms with Gasteiger partial charge in [0.05, 0.1) is 18.2 Å². The molecule has 4 heteroatoms. The highest BCUT2D eigenvalue weighted by Crippen LogP contribution is 2.27. The number of carbonyl (C=O) groups is 1. The second-order valence-corrected chi connectivity index (χ2v) is 5.66. The van der Waals surface area contributed by atoms with Gasteiger partial charge in [0.25, 0.3) is 0 Å². The van der Waals surface area contributed by atoms with E-state index in [0.29, 0.717) is 12.2 Å². The van der Waals surface area contributed by atoms with Crippen LogP contribution in [-0.4, -0.2) is 12.6 Å². The zero-order valence-corrected chi connectivity index (χ0v) is 14.0. The maximum Gasteiger partial charge on any atom is 0.335 e. The molecule has 0 aliphatic heterocycles. The average Bonchev–Trinajstić information content (AvgIpc) is 2.55. The minimum absolute atomic E-state index is 0.331. The Kier molecular flexibility index (Phi) is 5.78. The average molecular weight is 360 g/mol. The topological polar surface area (TPSA) is 38.3 Å². The van der Waals surface area contributed by atoms with Gasteiger partial charge in [-0.05, 0) is 36.8 Å². The number of rotatable bonds is 6. The Hall–Kier alpha value is -2.07. The largest absolute Gasteiger partial charge is 0.463 e. The number of anilines is 1. The summed E-state index contributed by atoms with van der Waals surface area (Å²) >= 11 is 3.41. The molecule has 0 heterocycles. The summed E-state index contributed by atoms with van der Waals surface area (Å²) in [5.41, 5.74) is 2.25. The molecule has 1 unspecified atom stereocenters. The van der Waals surface area contributed by atoms with Gasteiger partial charge in [0.2, 0.25) is 0 Å². The van der Waals surface area contributed by atoms with E-state index in [-0.39, 0.29) is 12.0 Å². The molecule has 1 N–H and O–H groups in total. The summed E-state index contributed by atoms with van der Waals surface area (Å²) in [5.74, 6) is -0.388. The lowest BCUT2D eigenvalue weighted by Gasteiger charge is -2.21. The standard InChI is InChI=1S/C18H18BrNO2/c1-3-22-18(21)13(2)17(14-7-5-4-6-8-14)20-16-11-9-15(19)10-12-16/h4-12,17,20H,2-3H2,1H3. The van der Waals surface area contributed by atoms with Crippen LogP contribution in [0.5, 0.6) is 0 Å². The van der Waals surface area contributed by atoms with Crippen LogP contribution in [0.25, 0.3) is 0 Å². The minimum Gasteiger partial charge on any atom is -0.463 e. The molecule has 0 aliphatic rings. The normalized spacial score (nSPS) is 11.5. The molecule has 0 saturated carbocycles. The van der Waals surface area contributed by atoms with Crippen LogP contribution in [0.1, 0.15) is 18.5 Å². The summed E-state index contributed by atoms with van der Waals surface area (Å²) in [7, 11) is 0. The smallest absolute Gasteiger partial charge is 0.335 e. The van der Waals surface area contributed by atoms with Gasteiger partial charge in [-0.3, -0.25) is 0 Å². The zero-order chi connectivity index (χ0) is 15.9. The maximum atomic E-state index is 12.0. The van der Waals surface area contributed by atoms with Crippen molar-refractivity contribution in [3.8, 4) is 0 Å². The third-order valence-electron chi connectivity index (χ3n) is 3.17. The fraction of sp³-hybridized carbons (Fsp3) is 0.167.